The quantitative estimate of drug-likeness (QED) is 0.613. The van der Waals surface area contributed by atoms with Crippen LogP contribution in [-0.4, -0.2) is 29.7 Å². The summed E-state index contributed by atoms with van der Waals surface area (Å²) in [6, 6.07) is -1.29. The topological polar surface area (TPSA) is 78.4 Å². The van der Waals surface area contributed by atoms with Crippen molar-refractivity contribution in [1.82, 2.24) is 10.6 Å². The first-order chi connectivity index (χ1) is 8.29. The number of carbonyl (C=O) groups excluding carboxylic acids is 1. The molecule has 0 aromatic heterocycles. The first-order valence-electron chi connectivity index (χ1n) is 6.56. The number of rotatable bonds is 7. The molecule has 0 fully saturated rings. The third kappa shape index (κ3) is 7.14. The molecule has 0 saturated heterocycles. The number of urea groups is 1. The number of carboxylic acid groups (broad SMARTS) is 1. The second-order valence-corrected chi connectivity index (χ2v) is 5.60. The summed E-state index contributed by atoms with van der Waals surface area (Å²) in [5.41, 5.74) is -0.509. The maximum atomic E-state index is 11.6. The van der Waals surface area contributed by atoms with Crippen molar-refractivity contribution in [2.75, 3.05) is 6.54 Å². The summed E-state index contributed by atoms with van der Waals surface area (Å²) >= 11 is 0. The number of carbonyl (C=O) groups is 2. The fourth-order valence-corrected chi connectivity index (χ4v) is 1.58. The van der Waals surface area contributed by atoms with Crippen LogP contribution < -0.4 is 10.6 Å². The van der Waals surface area contributed by atoms with Gasteiger partial charge in [-0.15, -0.1) is 0 Å². The summed E-state index contributed by atoms with van der Waals surface area (Å²) in [5, 5.41) is 14.2. The van der Waals surface area contributed by atoms with Gasteiger partial charge in [0.15, 0.2) is 0 Å². The SMILES string of the molecule is CCCCCCNC(=O)N[C@H](C(=O)O)C(C)(C)C. The van der Waals surface area contributed by atoms with Gasteiger partial charge in [0.2, 0.25) is 0 Å². The molecule has 0 aliphatic carbocycles. The molecular formula is C13H26N2O3. The summed E-state index contributed by atoms with van der Waals surface area (Å²) in [5.74, 6) is -1.01. The summed E-state index contributed by atoms with van der Waals surface area (Å²) in [4.78, 5) is 22.6. The van der Waals surface area contributed by atoms with Crippen LogP contribution in [0.15, 0.2) is 0 Å². The van der Waals surface area contributed by atoms with Gasteiger partial charge >= 0.3 is 12.0 Å². The molecule has 0 aromatic rings. The maximum absolute atomic E-state index is 11.6. The van der Waals surface area contributed by atoms with Crippen molar-refractivity contribution < 1.29 is 14.7 Å². The van der Waals surface area contributed by atoms with Gasteiger partial charge in [0.25, 0.3) is 0 Å². The maximum Gasteiger partial charge on any atom is 0.326 e. The van der Waals surface area contributed by atoms with Gasteiger partial charge in [-0.1, -0.05) is 47.0 Å². The number of nitrogens with one attached hydrogen (secondary N) is 2. The molecule has 2 amide bonds. The number of aliphatic carboxylic acids is 1. The van der Waals surface area contributed by atoms with Crippen molar-refractivity contribution in [3.05, 3.63) is 0 Å². The molecule has 0 aliphatic rings. The molecule has 0 bridgehead atoms. The second-order valence-electron chi connectivity index (χ2n) is 5.60. The van der Waals surface area contributed by atoms with E-state index in [1.54, 1.807) is 20.8 Å². The molecule has 0 saturated carbocycles. The lowest BCUT2D eigenvalue weighted by Gasteiger charge is -2.27. The molecule has 0 aromatic carbocycles. The van der Waals surface area contributed by atoms with E-state index in [1.807, 2.05) is 0 Å². The zero-order valence-corrected chi connectivity index (χ0v) is 11.9. The molecular weight excluding hydrogens is 232 g/mol. The molecule has 3 N–H and O–H groups in total. The van der Waals surface area contributed by atoms with Crippen LogP contribution in [0.25, 0.3) is 0 Å². The van der Waals surface area contributed by atoms with Gasteiger partial charge in [0, 0.05) is 6.54 Å². The van der Waals surface area contributed by atoms with Gasteiger partial charge in [-0.3, -0.25) is 0 Å². The average molecular weight is 258 g/mol. The Balaban J connectivity index is 4.01. The zero-order valence-electron chi connectivity index (χ0n) is 11.9. The summed E-state index contributed by atoms with van der Waals surface area (Å²) < 4.78 is 0. The highest BCUT2D eigenvalue weighted by molar-refractivity contribution is 5.83. The van der Waals surface area contributed by atoms with Gasteiger partial charge < -0.3 is 15.7 Å². The van der Waals surface area contributed by atoms with Crippen molar-refractivity contribution in [2.24, 2.45) is 5.41 Å². The van der Waals surface area contributed by atoms with Crippen molar-refractivity contribution in [3.8, 4) is 0 Å². The molecule has 0 spiro atoms. The zero-order chi connectivity index (χ0) is 14.2. The van der Waals surface area contributed by atoms with Crippen LogP contribution in [0, 0.1) is 5.41 Å². The fourth-order valence-electron chi connectivity index (χ4n) is 1.58. The van der Waals surface area contributed by atoms with Crippen LogP contribution in [0.3, 0.4) is 0 Å². The molecule has 0 unspecified atom stereocenters. The van der Waals surface area contributed by atoms with Crippen LogP contribution in [0.5, 0.6) is 0 Å². The number of amides is 2. The van der Waals surface area contributed by atoms with E-state index in [4.69, 9.17) is 5.11 Å². The Morgan fingerprint density at radius 1 is 1.17 bits per heavy atom. The Kier molecular flexibility index (Phi) is 7.39. The van der Waals surface area contributed by atoms with E-state index < -0.39 is 23.5 Å². The largest absolute Gasteiger partial charge is 0.480 e. The molecule has 1 atom stereocenters. The Labute approximate surface area is 109 Å². The van der Waals surface area contributed by atoms with E-state index in [9.17, 15) is 9.59 Å². The standard InChI is InChI=1S/C13H26N2O3/c1-5-6-7-8-9-14-12(18)15-10(11(16)17)13(2,3)4/h10H,5-9H2,1-4H3,(H,16,17)(H2,14,15,18)/t10-/m1/s1. The van der Waals surface area contributed by atoms with Gasteiger partial charge in [0.1, 0.15) is 6.04 Å². The normalized spacial score (nSPS) is 12.9. The number of hydrogen-bond acceptors (Lipinski definition) is 2. The number of hydrogen-bond donors (Lipinski definition) is 3. The Morgan fingerprint density at radius 3 is 2.22 bits per heavy atom. The molecule has 106 valence electrons. The summed E-state index contributed by atoms with van der Waals surface area (Å²) in [6.07, 6.45) is 4.31. The minimum absolute atomic E-state index is 0.408. The van der Waals surface area contributed by atoms with Crippen LogP contribution >= 0.6 is 0 Å². The highest BCUT2D eigenvalue weighted by Crippen LogP contribution is 2.19. The van der Waals surface area contributed by atoms with Crippen LogP contribution in [-0.2, 0) is 4.79 Å². The van der Waals surface area contributed by atoms with E-state index >= 15 is 0 Å². The summed E-state index contributed by atoms with van der Waals surface area (Å²) in [6.45, 7) is 8.07. The fraction of sp³-hybridized carbons (Fsp3) is 0.846. The second kappa shape index (κ2) is 7.95. The molecule has 0 rings (SSSR count). The lowest BCUT2D eigenvalue weighted by molar-refractivity contribution is -0.141. The van der Waals surface area contributed by atoms with Crippen LogP contribution in [0.4, 0.5) is 4.79 Å². The lowest BCUT2D eigenvalue weighted by Crippen LogP contribution is -2.52. The van der Waals surface area contributed by atoms with E-state index in [-0.39, 0.29) is 0 Å². The van der Waals surface area contributed by atoms with Gasteiger partial charge in [0.05, 0.1) is 0 Å². The van der Waals surface area contributed by atoms with Gasteiger partial charge in [-0.2, -0.15) is 0 Å². The van der Waals surface area contributed by atoms with Crippen molar-refractivity contribution in [2.45, 2.75) is 59.4 Å². The monoisotopic (exact) mass is 258 g/mol. The first-order valence-corrected chi connectivity index (χ1v) is 6.56. The molecule has 0 aliphatic heterocycles. The predicted octanol–water partition coefficient (Wildman–Crippen LogP) is 2.37. The minimum Gasteiger partial charge on any atom is -0.480 e. The Hall–Kier alpha value is -1.26. The number of carboxylic acids is 1. The Morgan fingerprint density at radius 2 is 1.78 bits per heavy atom. The van der Waals surface area contributed by atoms with E-state index in [1.165, 1.54) is 0 Å². The lowest BCUT2D eigenvalue weighted by atomic mass is 9.87. The van der Waals surface area contributed by atoms with Crippen LogP contribution in [0.1, 0.15) is 53.4 Å². The molecule has 0 radical (unpaired) electrons. The third-order valence-electron chi connectivity index (χ3n) is 2.70. The smallest absolute Gasteiger partial charge is 0.326 e. The molecule has 5 heteroatoms. The Bertz CT molecular complexity index is 272. The van der Waals surface area contributed by atoms with Crippen molar-refractivity contribution in [1.29, 1.82) is 0 Å². The summed E-state index contributed by atoms with van der Waals surface area (Å²) in [7, 11) is 0. The van der Waals surface area contributed by atoms with Gasteiger partial charge in [-0.05, 0) is 11.8 Å². The minimum atomic E-state index is -1.01. The predicted molar refractivity (Wildman–Crippen MR) is 71.6 cm³/mol. The van der Waals surface area contributed by atoms with Crippen molar-refractivity contribution >= 4 is 12.0 Å². The highest BCUT2D eigenvalue weighted by atomic mass is 16.4. The van der Waals surface area contributed by atoms with E-state index in [0.717, 1.165) is 25.7 Å². The molecule has 5 nitrogen and oxygen atoms in total. The van der Waals surface area contributed by atoms with Crippen molar-refractivity contribution in [3.63, 3.8) is 0 Å². The number of unbranched alkanes of at least 4 members (excludes halogenated alkanes) is 3. The molecule has 18 heavy (non-hydrogen) atoms. The van der Waals surface area contributed by atoms with E-state index in [2.05, 4.69) is 17.6 Å². The average Bonchev–Trinajstić information content (AvgIpc) is 2.23. The van der Waals surface area contributed by atoms with Crippen LogP contribution in [0.2, 0.25) is 0 Å². The third-order valence-corrected chi connectivity index (χ3v) is 2.70. The van der Waals surface area contributed by atoms with E-state index in [0.29, 0.717) is 6.54 Å². The highest BCUT2D eigenvalue weighted by Gasteiger charge is 2.32. The first kappa shape index (κ1) is 16.7. The van der Waals surface area contributed by atoms with Gasteiger partial charge in [-0.25, -0.2) is 9.59 Å². The molecule has 0 heterocycles.